The second-order valence-corrected chi connectivity index (χ2v) is 5.06. The first-order valence-corrected chi connectivity index (χ1v) is 6.46. The van der Waals surface area contributed by atoms with Gasteiger partial charge in [-0.25, -0.2) is 0 Å². The highest BCUT2D eigenvalue weighted by Gasteiger charge is 2.38. The summed E-state index contributed by atoms with van der Waals surface area (Å²) < 4.78 is 5.46. The van der Waals surface area contributed by atoms with E-state index in [0.717, 1.165) is 38.8 Å². The van der Waals surface area contributed by atoms with Gasteiger partial charge in [0, 0.05) is 5.41 Å². The number of piperidine rings is 1. The molecule has 1 fully saturated rings. The third-order valence-corrected chi connectivity index (χ3v) is 3.43. The number of ketones is 1. The maximum Gasteiger partial charge on any atom is 0.164 e. The zero-order valence-corrected chi connectivity index (χ0v) is 10.8. The van der Waals surface area contributed by atoms with Gasteiger partial charge in [0.2, 0.25) is 0 Å². The van der Waals surface area contributed by atoms with Crippen LogP contribution in [0, 0.1) is 5.41 Å². The van der Waals surface area contributed by atoms with Gasteiger partial charge in [0.05, 0.1) is 6.10 Å². The molecule has 94 valence electrons. The Morgan fingerprint density at radius 3 is 2.50 bits per heavy atom. The molecule has 0 spiro atoms. The van der Waals surface area contributed by atoms with Crippen LogP contribution in [-0.2, 0) is 9.53 Å². The van der Waals surface area contributed by atoms with Gasteiger partial charge in [-0.3, -0.25) is 4.79 Å². The van der Waals surface area contributed by atoms with Gasteiger partial charge in [-0.2, -0.15) is 0 Å². The fourth-order valence-corrected chi connectivity index (χ4v) is 2.45. The van der Waals surface area contributed by atoms with Crippen LogP contribution in [0.25, 0.3) is 0 Å². The number of rotatable bonds is 6. The molecule has 3 nitrogen and oxygen atoms in total. The van der Waals surface area contributed by atoms with Crippen molar-refractivity contribution in [2.75, 3.05) is 19.7 Å². The highest BCUT2D eigenvalue weighted by molar-refractivity contribution is 5.86. The number of carbonyl (C=O) groups excluding carboxylic acids is 1. The van der Waals surface area contributed by atoms with Crippen molar-refractivity contribution in [3.8, 4) is 0 Å². The molecule has 0 bridgehead atoms. The maximum atomic E-state index is 12.3. The number of ether oxygens (including phenoxy) is 1. The van der Waals surface area contributed by atoms with E-state index in [4.69, 9.17) is 4.74 Å². The van der Waals surface area contributed by atoms with Crippen LogP contribution in [-0.4, -0.2) is 31.6 Å². The van der Waals surface area contributed by atoms with Gasteiger partial charge in [-0.15, -0.1) is 0 Å². The second-order valence-electron chi connectivity index (χ2n) is 5.06. The topological polar surface area (TPSA) is 38.3 Å². The van der Waals surface area contributed by atoms with E-state index >= 15 is 0 Å². The summed E-state index contributed by atoms with van der Waals surface area (Å²) in [7, 11) is 0. The first-order chi connectivity index (χ1) is 7.60. The molecule has 0 aliphatic carbocycles. The summed E-state index contributed by atoms with van der Waals surface area (Å²) in [6.45, 7) is 8.32. The number of hydrogen-bond acceptors (Lipinski definition) is 3. The Balaban J connectivity index is 2.57. The number of nitrogens with one attached hydrogen (secondary N) is 1. The highest BCUT2D eigenvalue weighted by Crippen LogP contribution is 2.35. The number of carbonyl (C=O) groups is 1. The largest absolute Gasteiger partial charge is 0.371 e. The Kier molecular flexibility index (Phi) is 5.42. The van der Waals surface area contributed by atoms with Crippen LogP contribution in [0.1, 0.15) is 46.5 Å². The zero-order chi connectivity index (χ0) is 12.0. The average Bonchev–Trinajstić information content (AvgIpc) is 2.27. The quantitative estimate of drug-likeness (QED) is 0.755. The molecule has 0 atom stereocenters. The van der Waals surface area contributed by atoms with Crippen molar-refractivity contribution in [2.24, 2.45) is 5.41 Å². The van der Waals surface area contributed by atoms with Crippen LogP contribution in [0.3, 0.4) is 0 Å². The Labute approximate surface area is 98.9 Å². The molecule has 16 heavy (non-hydrogen) atoms. The molecule has 0 amide bonds. The minimum Gasteiger partial charge on any atom is -0.371 e. The third kappa shape index (κ3) is 3.56. The summed E-state index contributed by atoms with van der Waals surface area (Å²) in [5, 5.41) is 3.32. The molecule has 3 heteroatoms. The summed E-state index contributed by atoms with van der Waals surface area (Å²) in [5.41, 5.74) is -0.102. The molecule has 0 radical (unpaired) electrons. The number of hydrogen-bond donors (Lipinski definition) is 1. The molecular formula is C13H25NO2. The zero-order valence-electron chi connectivity index (χ0n) is 10.8. The van der Waals surface area contributed by atoms with Gasteiger partial charge in [0.15, 0.2) is 5.78 Å². The van der Waals surface area contributed by atoms with Crippen molar-refractivity contribution in [1.82, 2.24) is 5.32 Å². The van der Waals surface area contributed by atoms with E-state index in [1.807, 2.05) is 13.8 Å². The molecule has 0 saturated carbocycles. The molecule has 1 N–H and O–H groups in total. The van der Waals surface area contributed by atoms with Gasteiger partial charge in [-0.05, 0) is 46.2 Å². The Hall–Kier alpha value is -0.410. The Morgan fingerprint density at radius 2 is 2.00 bits per heavy atom. The smallest absolute Gasteiger partial charge is 0.164 e. The standard InChI is InChI=1S/C13H25NO2/c1-4-5-13(6-8-14-9-7-13)12(15)10-16-11(2)3/h11,14H,4-10H2,1-3H3. The summed E-state index contributed by atoms with van der Waals surface area (Å²) in [6, 6.07) is 0. The minimum absolute atomic E-state index is 0.102. The third-order valence-electron chi connectivity index (χ3n) is 3.43. The molecule has 1 rings (SSSR count). The predicted octanol–water partition coefficient (Wildman–Crippen LogP) is 2.15. The summed E-state index contributed by atoms with van der Waals surface area (Å²) in [6.07, 6.45) is 4.18. The first-order valence-electron chi connectivity index (χ1n) is 6.46. The van der Waals surface area contributed by atoms with E-state index in [9.17, 15) is 4.79 Å². The molecule has 1 aliphatic heterocycles. The van der Waals surface area contributed by atoms with Crippen LogP contribution >= 0.6 is 0 Å². The average molecular weight is 227 g/mol. The highest BCUT2D eigenvalue weighted by atomic mass is 16.5. The second kappa shape index (κ2) is 6.36. The lowest BCUT2D eigenvalue weighted by Crippen LogP contribution is -2.43. The van der Waals surface area contributed by atoms with Gasteiger partial charge in [0.1, 0.15) is 6.61 Å². The Morgan fingerprint density at radius 1 is 1.38 bits per heavy atom. The fraction of sp³-hybridized carbons (Fsp3) is 0.923. The van der Waals surface area contributed by atoms with E-state index < -0.39 is 0 Å². The van der Waals surface area contributed by atoms with Crippen molar-refractivity contribution in [3.63, 3.8) is 0 Å². The van der Waals surface area contributed by atoms with Crippen LogP contribution in [0.4, 0.5) is 0 Å². The van der Waals surface area contributed by atoms with Gasteiger partial charge < -0.3 is 10.1 Å². The number of Topliss-reactive ketones (excluding diaryl/α,β-unsaturated/α-hetero) is 1. The molecule has 0 aromatic heterocycles. The van der Waals surface area contributed by atoms with Crippen molar-refractivity contribution in [1.29, 1.82) is 0 Å². The van der Waals surface area contributed by atoms with Crippen LogP contribution in [0.5, 0.6) is 0 Å². The van der Waals surface area contributed by atoms with E-state index in [2.05, 4.69) is 12.2 Å². The predicted molar refractivity (Wildman–Crippen MR) is 65.5 cm³/mol. The summed E-state index contributed by atoms with van der Waals surface area (Å²) in [5.74, 6) is 0.310. The minimum atomic E-state index is -0.102. The summed E-state index contributed by atoms with van der Waals surface area (Å²) in [4.78, 5) is 12.3. The van der Waals surface area contributed by atoms with E-state index in [1.165, 1.54) is 0 Å². The van der Waals surface area contributed by atoms with Crippen molar-refractivity contribution >= 4 is 5.78 Å². The summed E-state index contributed by atoms with van der Waals surface area (Å²) >= 11 is 0. The molecular weight excluding hydrogens is 202 g/mol. The fourth-order valence-electron chi connectivity index (χ4n) is 2.45. The normalized spacial score (nSPS) is 20.0. The van der Waals surface area contributed by atoms with Crippen LogP contribution < -0.4 is 5.32 Å². The lowest BCUT2D eigenvalue weighted by Gasteiger charge is -2.36. The molecule has 1 aliphatic rings. The lowest BCUT2D eigenvalue weighted by molar-refractivity contribution is -0.137. The lowest BCUT2D eigenvalue weighted by atomic mass is 9.72. The van der Waals surface area contributed by atoms with Crippen LogP contribution in [0.15, 0.2) is 0 Å². The molecule has 0 aromatic rings. The Bertz CT molecular complexity index is 214. The first kappa shape index (κ1) is 13.7. The molecule has 1 heterocycles. The monoisotopic (exact) mass is 227 g/mol. The van der Waals surface area contributed by atoms with Gasteiger partial charge in [-0.1, -0.05) is 13.3 Å². The maximum absolute atomic E-state index is 12.3. The molecule has 0 unspecified atom stereocenters. The van der Waals surface area contributed by atoms with Crippen LogP contribution in [0.2, 0.25) is 0 Å². The van der Waals surface area contributed by atoms with Gasteiger partial charge >= 0.3 is 0 Å². The van der Waals surface area contributed by atoms with E-state index in [-0.39, 0.29) is 18.1 Å². The molecule has 1 saturated heterocycles. The van der Waals surface area contributed by atoms with Gasteiger partial charge in [0.25, 0.3) is 0 Å². The van der Waals surface area contributed by atoms with Crippen molar-refractivity contribution < 1.29 is 9.53 Å². The van der Waals surface area contributed by atoms with E-state index in [0.29, 0.717) is 5.78 Å². The SMILES string of the molecule is CCCC1(C(=O)COC(C)C)CCNCC1. The van der Waals surface area contributed by atoms with Crippen molar-refractivity contribution in [2.45, 2.75) is 52.6 Å². The molecule has 0 aromatic carbocycles. The van der Waals surface area contributed by atoms with Crippen molar-refractivity contribution in [3.05, 3.63) is 0 Å². The van der Waals surface area contributed by atoms with E-state index in [1.54, 1.807) is 0 Å².